The molecule has 2 unspecified atom stereocenters. The van der Waals surface area contributed by atoms with Gasteiger partial charge in [-0.25, -0.2) is 0 Å². The first kappa shape index (κ1) is 10.4. The second kappa shape index (κ2) is 5.09. The van der Waals surface area contributed by atoms with Gasteiger partial charge in [0, 0.05) is 6.61 Å². The molecular weight excluding hydrogens is 148 g/mol. The second-order valence-electron chi connectivity index (χ2n) is 2.39. The van der Waals surface area contributed by atoms with Crippen LogP contribution in [0.2, 0.25) is 0 Å². The lowest BCUT2D eigenvalue weighted by molar-refractivity contribution is -0.148. The van der Waals surface area contributed by atoms with Crippen LogP contribution in [0.5, 0.6) is 0 Å². The van der Waals surface area contributed by atoms with Crippen molar-refractivity contribution >= 4 is 5.97 Å². The van der Waals surface area contributed by atoms with E-state index < -0.39 is 18.0 Å². The van der Waals surface area contributed by atoms with Crippen molar-refractivity contribution in [1.82, 2.24) is 0 Å². The van der Waals surface area contributed by atoms with Gasteiger partial charge >= 0.3 is 5.97 Å². The average molecular weight is 162 g/mol. The van der Waals surface area contributed by atoms with E-state index in [1.54, 1.807) is 6.92 Å². The van der Waals surface area contributed by atoms with E-state index in [1.165, 1.54) is 7.11 Å². The number of aliphatic hydroxyl groups excluding tert-OH is 2. The number of rotatable bonds is 4. The molecule has 0 rings (SSSR count). The lowest BCUT2D eigenvalue weighted by atomic mass is 10.0. The first-order valence-corrected chi connectivity index (χ1v) is 3.50. The van der Waals surface area contributed by atoms with Crippen LogP contribution < -0.4 is 0 Å². The van der Waals surface area contributed by atoms with Gasteiger partial charge in [0.15, 0.2) is 0 Å². The van der Waals surface area contributed by atoms with E-state index in [4.69, 9.17) is 10.2 Å². The zero-order valence-corrected chi connectivity index (χ0v) is 6.78. The minimum atomic E-state index is -0.813. The monoisotopic (exact) mass is 162 g/mol. The summed E-state index contributed by atoms with van der Waals surface area (Å²) in [4.78, 5) is 10.8. The molecule has 0 aromatic heterocycles. The van der Waals surface area contributed by atoms with Gasteiger partial charge in [0.1, 0.15) is 0 Å². The maximum absolute atomic E-state index is 10.8. The molecule has 0 bridgehead atoms. The van der Waals surface area contributed by atoms with Crippen LogP contribution in [0.3, 0.4) is 0 Å². The lowest BCUT2D eigenvalue weighted by Crippen LogP contribution is -2.27. The number of carbonyl (C=O) groups excluding carboxylic acids is 1. The number of ether oxygens (including phenoxy) is 1. The smallest absolute Gasteiger partial charge is 0.311 e. The maximum Gasteiger partial charge on any atom is 0.311 e. The van der Waals surface area contributed by atoms with Crippen LogP contribution in [0.25, 0.3) is 0 Å². The van der Waals surface area contributed by atoms with Gasteiger partial charge in [0.2, 0.25) is 0 Å². The van der Waals surface area contributed by atoms with Crippen molar-refractivity contribution in [2.75, 3.05) is 13.7 Å². The molecule has 0 aliphatic rings. The number of methoxy groups -OCH3 is 1. The summed E-state index contributed by atoms with van der Waals surface area (Å²) in [5.74, 6) is -1.02. The molecular formula is C7H14O4. The molecule has 0 saturated heterocycles. The molecule has 0 aromatic rings. The molecule has 0 fully saturated rings. The highest BCUT2D eigenvalue weighted by atomic mass is 16.5. The summed E-state index contributed by atoms with van der Waals surface area (Å²) in [7, 11) is 1.27. The van der Waals surface area contributed by atoms with E-state index in [-0.39, 0.29) is 13.0 Å². The van der Waals surface area contributed by atoms with Gasteiger partial charge in [-0.05, 0) is 13.3 Å². The summed E-state index contributed by atoms with van der Waals surface area (Å²) in [6.45, 7) is 1.44. The van der Waals surface area contributed by atoms with E-state index in [0.717, 1.165) is 0 Å². The minimum absolute atomic E-state index is 0.123. The van der Waals surface area contributed by atoms with Crippen LogP contribution in [-0.4, -0.2) is 36.0 Å². The van der Waals surface area contributed by atoms with Crippen molar-refractivity contribution in [2.24, 2.45) is 5.92 Å². The van der Waals surface area contributed by atoms with Crippen LogP contribution in [0.4, 0.5) is 0 Å². The fraction of sp³-hybridized carbons (Fsp3) is 0.857. The molecule has 4 nitrogen and oxygen atoms in total. The highest BCUT2D eigenvalue weighted by Gasteiger charge is 2.21. The van der Waals surface area contributed by atoms with Gasteiger partial charge < -0.3 is 14.9 Å². The third kappa shape index (κ3) is 3.34. The van der Waals surface area contributed by atoms with Gasteiger partial charge in [-0.2, -0.15) is 0 Å². The predicted molar refractivity (Wildman–Crippen MR) is 38.9 cm³/mol. The number of aliphatic hydroxyl groups is 2. The standard InChI is InChI=1S/C7H14O4/c1-5(7(10)11-2)6(9)3-4-8/h5-6,8-9H,3-4H2,1-2H3. The lowest BCUT2D eigenvalue weighted by Gasteiger charge is -2.14. The Kier molecular flexibility index (Phi) is 4.81. The first-order valence-electron chi connectivity index (χ1n) is 3.50. The van der Waals surface area contributed by atoms with Crippen LogP contribution in [0, 0.1) is 5.92 Å². The van der Waals surface area contributed by atoms with E-state index in [1.807, 2.05) is 0 Å². The van der Waals surface area contributed by atoms with Crippen molar-refractivity contribution in [3.63, 3.8) is 0 Å². The Labute approximate surface area is 65.8 Å². The van der Waals surface area contributed by atoms with Crippen LogP contribution >= 0.6 is 0 Å². The maximum atomic E-state index is 10.8. The Morgan fingerprint density at radius 3 is 2.55 bits per heavy atom. The molecule has 0 heterocycles. The van der Waals surface area contributed by atoms with Crippen molar-refractivity contribution in [1.29, 1.82) is 0 Å². The van der Waals surface area contributed by atoms with E-state index in [2.05, 4.69) is 4.74 Å². The number of carbonyl (C=O) groups is 1. The number of esters is 1. The molecule has 4 heteroatoms. The third-order valence-corrected chi connectivity index (χ3v) is 1.57. The van der Waals surface area contributed by atoms with Crippen molar-refractivity contribution < 1.29 is 19.7 Å². The zero-order valence-electron chi connectivity index (χ0n) is 6.78. The average Bonchev–Trinajstić information content (AvgIpc) is 2.02. The van der Waals surface area contributed by atoms with E-state index >= 15 is 0 Å². The molecule has 66 valence electrons. The summed E-state index contributed by atoms with van der Waals surface area (Å²) in [6, 6.07) is 0. The summed E-state index contributed by atoms with van der Waals surface area (Å²) in [5.41, 5.74) is 0. The minimum Gasteiger partial charge on any atom is -0.469 e. The van der Waals surface area contributed by atoms with Gasteiger partial charge in [0.05, 0.1) is 19.1 Å². The fourth-order valence-electron chi connectivity index (χ4n) is 0.725. The molecule has 0 radical (unpaired) electrons. The van der Waals surface area contributed by atoms with Crippen molar-refractivity contribution in [2.45, 2.75) is 19.4 Å². The summed E-state index contributed by atoms with van der Waals surface area (Å²) < 4.78 is 4.40. The van der Waals surface area contributed by atoms with Crippen molar-refractivity contribution in [3.05, 3.63) is 0 Å². The molecule has 11 heavy (non-hydrogen) atoms. The molecule has 0 aliphatic carbocycles. The normalized spacial score (nSPS) is 15.6. The summed E-state index contributed by atoms with van der Waals surface area (Å²) in [6.07, 6.45) is -0.608. The Morgan fingerprint density at radius 1 is 1.64 bits per heavy atom. The molecule has 2 N–H and O–H groups in total. The SMILES string of the molecule is COC(=O)C(C)C(O)CCO. The molecule has 2 atom stereocenters. The third-order valence-electron chi connectivity index (χ3n) is 1.57. The highest BCUT2D eigenvalue weighted by Crippen LogP contribution is 2.07. The quantitative estimate of drug-likeness (QED) is 0.549. The van der Waals surface area contributed by atoms with Gasteiger partial charge in [-0.1, -0.05) is 0 Å². The molecule has 0 amide bonds. The van der Waals surface area contributed by atoms with Crippen LogP contribution in [0.1, 0.15) is 13.3 Å². The highest BCUT2D eigenvalue weighted by molar-refractivity contribution is 5.72. The summed E-state index contributed by atoms with van der Waals surface area (Å²) in [5, 5.41) is 17.6. The molecule has 0 aromatic carbocycles. The Balaban J connectivity index is 3.80. The Morgan fingerprint density at radius 2 is 2.18 bits per heavy atom. The number of hydrogen-bond acceptors (Lipinski definition) is 4. The Bertz CT molecular complexity index is 124. The number of hydrogen-bond donors (Lipinski definition) is 2. The van der Waals surface area contributed by atoms with Gasteiger partial charge in [-0.3, -0.25) is 4.79 Å². The van der Waals surface area contributed by atoms with Crippen molar-refractivity contribution in [3.8, 4) is 0 Å². The Hall–Kier alpha value is -0.610. The van der Waals surface area contributed by atoms with Crippen LogP contribution in [-0.2, 0) is 9.53 Å². The van der Waals surface area contributed by atoms with E-state index in [9.17, 15) is 4.79 Å². The predicted octanol–water partition coefficient (Wildman–Crippen LogP) is -0.461. The second-order valence-corrected chi connectivity index (χ2v) is 2.39. The largest absolute Gasteiger partial charge is 0.469 e. The topological polar surface area (TPSA) is 66.8 Å². The fourth-order valence-corrected chi connectivity index (χ4v) is 0.725. The van der Waals surface area contributed by atoms with Crippen LogP contribution in [0.15, 0.2) is 0 Å². The molecule has 0 spiro atoms. The first-order chi connectivity index (χ1) is 5.13. The molecule has 0 saturated carbocycles. The van der Waals surface area contributed by atoms with Gasteiger partial charge in [0.25, 0.3) is 0 Å². The van der Waals surface area contributed by atoms with E-state index in [0.29, 0.717) is 0 Å². The summed E-state index contributed by atoms with van der Waals surface area (Å²) >= 11 is 0. The molecule has 0 aliphatic heterocycles. The van der Waals surface area contributed by atoms with Gasteiger partial charge in [-0.15, -0.1) is 0 Å². The zero-order chi connectivity index (χ0) is 8.85.